The lowest BCUT2D eigenvalue weighted by molar-refractivity contribution is 0.0947. The van der Waals surface area contributed by atoms with Gasteiger partial charge in [0.25, 0.3) is 5.91 Å². The van der Waals surface area contributed by atoms with Crippen LogP contribution in [-0.4, -0.2) is 32.2 Å². The van der Waals surface area contributed by atoms with Crippen LogP contribution in [0.2, 0.25) is 10.0 Å². The molecule has 0 aliphatic rings. The number of nitrogens with one attached hydrogen (secondary N) is 2. The first-order valence-electron chi connectivity index (χ1n) is 8.37. The van der Waals surface area contributed by atoms with Crippen LogP contribution in [0.25, 0.3) is 0 Å². The maximum atomic E-state index is 12.1. The molecule has 1 amide bonds. The van der Waals surface area contributed by atoms with Gasteiger partial charge < -0.3 is 15.2 Å². The van der Waals surface area contributed by atoms with E-state index in [-0.39, 0.29) is 11.6 Å². The number of anilines is 1. The molecule has 0 bridgehead atoms. The predicted molar refractivity (Wildman–Crippen MR) is 105 cm³/mol. The number of imidazole rings is 1. The molecule has 0 radical (unpaired) electrons. The van der Waals surface area contributed by atoms with Gasteiger partial charge in [0.15, 0.2) is 5.69 Å². The van der Waals surface area contributed by atoms with Crippen LogP contribution in [0.5, 0.6) is 0 Å². The molecule has 2 N–H and O–H groups in total. The molecule has 0 aliphatic heterocycles. The average molecular weight is 405 g/mol. The molecule has 0 atom stereocenters. The summed E-state index contributed by atoms with van der Waals surface area (Å²) in [5.41, 5.74) is 1.20. The quantitative estimate of drug-likeness (QED) is 0.561. The van der Waals surface area contributed by atoms with Crippen LogP contribution in [0, 0.1) is 0 Å². The topological polar surface area (TPSA) is 84.7 Å². The molecule has 2 heterocycles. The molecule has 0 spiro atoms. The largest absolute Gasteiger partial charge is 0.365 e. The van der Waals surface area contributed by atoms with Gasteiger partial charge >= 0.3 is 0 Å². The second kappa shape index (κ2) is 9.34. The molecule has 0 unspecified atom stereocenters. The summed E-state index contributed by atoms with van der Waals surface area (Å²) >= 11 is 12.0. The van der Waals surface area contributed by atoms with Gasteiger partial charge in [-0.15, -0.1) is 10.2 Å². The number of rotatable bonds is 8. The summed E-state index contributed by atoms with van der Waals surface area (Å²) in [5.74, 6) is 0.309. The number of aromatic nitrogens is 4. The van der Waals surface area contributed by atoms with Gasteiger partial charge in [0.05, 0.1) is 6.33 Å². The van der Waals surface area contributed by atoms with Crippen LogP contribution < -0.4 is 10.6 Å². The fourth-order valence-corrected chi connectivity index (χ4v) is 3.00. The summed E-state index contributed by atoms with van der Waals surface area (Å²) in [6, 6.07) is 8.65. The van der Waals surface area contributed by atoms with E-state index in [1.165, 1.54) is 0 Å². The summed E-state index contributed by atoms with van der Waals surface area (Å²) in [7, 11) is 0. The molecular formula is C18H18Cl2N6O. The van der Waals surface area contributed by atoms with Crippen molar-refractivity contribution in [3.8, 4) is 0 Å². The molecule has 27 heavy (non-hydrogen) atoms. The Kier molecular flexibility index (Phi) is 6.62. The molecule has 9 heteroatoms. The fraction of sp³-hybridized carbons (Fsp3) is 0.222. The van der Waals surface area contributed by atoms with Crippen molar-refractivity contribution >= 4 is 34.9 Å². The molecule has 0 aliphatic carbocycles. The Labute approximate surface area is 166 Å². The van der Waals surface area contributed by atoms with Gasteiger partial charge in [-0.05, 0) is 42.3 Å². The number of halogens is 2. The number of nitrogens with zero attached hydrogens (tertiary/aromatic N) is 4. The van der Waals surface area contributed by atoms with Crippen molar-refractivity contribution in [1.82, 2.24) is 25.1 Å². The standard InChI is InChI=1S/C18H18Cl2N6O/c19-14-8-13(9-15(20)10-14)11-23-17-3-2-16(24-25-17)18(27)22-4-1-6-26-7-5-21-12-26/h2-3,5,7-10,12H,1,4,6,11H2,(H,22,27)(H,23,25). The highest BCUT2D eigenvalue weighted by atomic mass is 35.5. The van der Waals surface area contributed by atoms with E-state index < -0.39 is 0 Å². The molecule has 0 fully saturated rings. The van der Waals surface area contributed by atoms with Crippen LogP contribution in [0.3, 0.4) is 0 Å². The third-order valence-electron chi connectivity index (χ3n) is 3.73. The number of benzene rings is 1. The number of aryl methyl sites for hydroxylation is 1. The molecule has 3 rings (SSSR count). The first-order chi connectivity index (χ1) is 13.1. The Hall–Kier alpha value is -2.64. The van der Waals surface area contributed by atoms with E-state index in [1.807, 2.05) is 22.9 Å². The zero-order chi connectivity index (χ0) is 19.1. The molecule has 0 saturated carbocycles. The van der Waals surface area contributed by atoms with Crippen LogP contribution in [0.1, 0.15) is 22.5 Å². The minimum Gasteiger partial charge on any atom is -0.365 e. The van der Waals surface area contributed by atoms with Crippen LogP contribution in [-0.2, 0) is 13.1 Å². The zero-order valence-electron chi connectivity index (χ0n) is 14.4. The summed E-state index contributed by atoms with van der Waals surface area (Å²) in [6.07, 6.45) is 6.16. The van der Waals surface area contributed by atoms with Crippen molar-refractivity contribution < 1.29 is 4.79 Å². The molecule has 7 nitrogen and oxygen atoms in total. The minimum absolute atomic E-state index is 0.249. The molecular weight excluding hydrogens is 387 g/mol. The monoisotopic (exact) mass is 404 g/mol. The Bertz CT molecular complexity index is 863. The molecule has 1 aromatic carbocycles. The Morgan fingerprint density at radius 1 is 1.11 bits per heavy atom. The lowest BCUT2D eigenvalue weighted by Crippen LogP contribution is -2.26. The van der Waals surface area contributed by atoms with E-state index in [0.29, 0.717) is 29.0 Å². The highest BCUT2D eigenvalue weighted by Gasteiger charge is 2.08. The van der Waals surface area contributed by atoms with Gasteiger partial charge in [0.1, 0.15) is 5.82 Å². The highest BCUT2D eigenvalue weighted by Crippen LogP contribution is 2.19. The van der Waals surface area contributed by atoms with Gasteiger partial charge in [-0.2, -0.15) is 0 Å². The van der Waals surface area contributed by atoms with Crippen molar-refractivity contribution in [2.24, 2.45) is 0 Å². The number of carbonyl (C=O) groups excluding carboxylic acids is 1. The summed E-state index contributed by atoms with van der Waals surface area (Å²) in [4.78, 5) is 16.1. The predicted octanol–water partition coefficient (Wildman–Crippen LogP) is 3.41. The van der Waals surface area contributed by atoms with E-state index in [4.69, 9.17) is 23.2 Å². The number of hydrogen-bond acceptors (Lipinski definition) is 5. The van der Waals surface area contributed by atoms with Crippen LogP contribution in [0.4, 0.5) is 5.82 Å². The molecule has 2 aromatic heterocycles. The van der Waals surface area contributed by atoms with Gasteiger partial charge in [0.2, 0.25) is 0 Å². The Morgan fingerprint density at radius 3 is 2.59 bits per heavy atom. The lowest BCUT2D eigenvalue weighted by atomic mass is 10.2. The molecule has 140 valence electrons. The normalized spacial score (nSPS) is 10.6. The average Bonchev–Trinajstić information content (AvgIpc) is 3.16. The fourth-order valence-electron chi connectivity index (χ4n) is 2.43. The second-order valence-corrected chi connectivity index (χ2v) is 6.72. The third-order valence-corrected chi connectivity index (χ3v) is 4.17. The van der Waals surface area contributed by atoms with E-state index >= 15 is 0 Å². The third kappa shape index (κ3) is 5.94. The minimum atomic E-state index is -0.249. The zero-order valence-corrected chi connectivity index (χ0v) is 15.9. The van der Waals surface area contributed by atoms with Crippen LogP contribution >= 0.6 is 23.2 Å². The Morgan fingerprint density at radius 2 is 1.93 bits per heavy atom. The van der Waals surface area contributed by atoms with Crippen molar-refractivity contribution in [3.05, 3.63) is 70.4 Å². The van der Waals surface area contributed by atoms with E-state index in [1.54, 1.807) is 30.7 Å². The maximum Gasteiger partial charge on any atom is 0.271 e. The van der Waals surface area contributed by atoms with E-state index in [2.05, 4.69) is 25.8 Å². The molecule has 3 aromatic rings. The van der Waals surface area contributed by atoms with E-state index in [0.717, 1.165) is 18.5 Å². The SMILES string of the molecule is O=C(NCCCn1ccnc1)c1ccc(NCc2cc(Cl)cc(Cl)c2)nn1. The number of carbonyl (C=O) groups is 1. The smallest absolute Gasteiger partial charge is 0.271 e. The van der Waals surface area contributed by atoms with Crippen molar-refractivity contribution in [3.63, 3.8) is 0 Å². The van der Waals surface area contributed by atoms with Crippen LogP contribution in [0.15, 0.2) is 49.1 Å². The number of amides is 1. The summed E-state index contributed by atoms with van der Waals surface area (Å²) in [5, 5.41) is 15.1. The maximum absolute atomic E-state index is 12.1. The first kappa shape index (κ1) is 19.1. The summed E-state index contributed by atoms with van der Waals surface area (Å²) in [6.45, 7) is 1.84. The molecule has 0 saturated heterocycles. The second-order valence-electron chi connectivity index (χ2n) is 5.85. The van der Waals surface area contributed by atoms with Crippen molar-refractivity contribution in [2.75, 3.05) is 11.9 Å². The van der Waals surface area contributed by atoms with Crippen molar-refractivity contribution in [2.45, 2.75) is 19.5 Å². The first-order valence-corrected chi connectivity index (χ1v) is 9.12. The summed E-state index contributed by atoms with van der Waals surface area (Å²) < 4.78 is 1.96. The van der Waals surface area contributed by atoms with Gasteiger partial charge in [-0.3, -0.25) is 4.79 Å². The van der Waals surface area contributed by atoms with Crippen molar-refractivity contribution in [1.29, 1.82) is 0 Å². The van der Waals surface area contributed by atoms with Gasteiger partial charge in [0, 0.05) is 42.1 Å². The van der Waals surface area contributed by atoms with E-state index in [9.17, 15) is 4.79 Å². The highest BCUT2D eigenvalue weighted by molar-refractivity contribution is 6.34. The number of hydrogen-bond donors (Lipinski definition) is 2. The Balaban J connectivity index is 1.45. The van der Waals surface area contributed by atoms with Gasteiger partial charge in [-0.1, -0.05) is 23.2 Å². The lowest BCUT2D eigenvalue weighted by Gasteiger charge is -2.08. The van der Waals surface area contributed by atoms with Gasteiger partial charge in [-0.25, -0.2) is 4.98 Å².